The third-order valence-electron chi connectivity index (χ3n) is 1.84. The normalized spacial score (nSPS) is 10.5. The van der Waals surface area contributed by atoms with Gasteiger partial charge in [-0.25, -0.2) is 0 Å². The summed E-state index contributed by atoms with van der Waals surface area (Å²) in [4.78, 5) is 11.1. The second-order valence-corrected chi connectivity index (χ2v) is 3.80. The number of hydrogen-bond donors (Lipinski definition) is 2. The van der Waals surface area contributed by atoms with Crippen LogP contribution < -0.4 is 5.73 Å². The molecule has 13 heavy (non-hydrogen) atoms. The Morgan fingerprint density at radius 2 is 2.23 bits per heavy atom. The molecule has 0 atom stereocenters. The second kappa shape index (κ2) is 2.74. The number of nitrogens with two attached hydrogens (primary N) is 1. The number of anilines is 1. The molecule has 2 aromatic rings. The van der Waals surface area contributed by atoms with Crippen LogP contribution in [-0.2, 0) is 0 Å². The molecule has 1 aromatic carbocycles. The summed E-state index contributed by atoms with van der Waals surface area (Å²) in [5.41, 5.74) is 5.84. The number of aldehydes is 1. The molecule has 66 valence electrons. The number of aromatic hydroxyl groups is 1. The molecule has 1 heterocycles. The minimum absolute atomic E-state index is 0.0573. The van der Waals surface area contributed by atoms with E-state index in [1.807, 2.05) is 0 Å². The Morgan fingerprint density at radius 3 is 2.92 bits per heavy atom. The molecule has 0 aliphatic heterocycles. The molecule has 0 unspecified atom stereocenters. The van der Waals surface area contributed by atoms with Crippen LogP contribution in [-0.4, -0.2) is 11.4 Å². The Bertz CT molecular complexity index is 476. The number of fused-ring (bicyclic) bond motifs is 1. The molecule has 0 radical (unpaired) electrons. The van der Waals surface area contributed by atoms with E-state index in [0.29, 0.717) is 16.0 Å². The first-order valence-corrected chi connectivity index (χ1v) is 4.50. The fraction of sp³-hybridized carbons (Fsp3) is 0. The molecular formula is C9H7NO2S. The average molecular weight is 193 g/mol. The van der Waals surface area contributed by atoms with Gasteiger partial charge in [-0.15, -0.1) is 11.3 Å². The second-order valence-electron chi connectivity index (χ2n) is 2.68. The third-order valence-corrected chi connectivity index (χ3v) is 2.86. The van der Waals surface area contributed by atoms with Gasteiger partial charge in [-0.05, 0) is 18.2 Å². The summed E-state index contributed by atoms with van der Waals surface area (Å²) < 4.78 is 0.869. The molecule has 0 aliphatic carbocycles. The lowest BCUT2D eigenvalue weighted by molar-refractivity contribution is 0.112. The predicted octanol–water partition coefficient (Wildman–Crippen LogP) is 2.00. The number of phenols is 1. The highest BCUT2D eigenvalue weighted by atomic mass is 32.1. The fourth-order valence-electron chi connectivity index (χ4n) is 1.19. The Hall–Kier alpha value is -1.55. The summed E-state index contributed by atoms with van der Waals surface area (Å²) in [6, 6.07) is 5.06. The van der Waals surface area contributed by atoms with Gasteiger partial charge < -0.3 is 10.8 Å². The SMILES string of the molecule is Nc1ccc2sc(C=O)cc2c1O. The molecule has 0 fully saturated rings. The van der Waals surface area contributed by atoms with Crippen molar-refractivity contribution in [3.8, 4) is 5.75 Å². The number of carbonyl (C=O) groups excluding carboxylic acids is 1. The first-order chi connectivity index (χ1) is 6.22. The van der Waals surface area contributed by atoms with Crippen molar-refractivity contribution in [1.29, 1.82) is 0 Å². The molecule has 2 rings (SSSR count). The van der Waals surface area contributed by atoms with Gasteiger partial charge in [-0.3, -0.25) is 4.79 Å². The standard InChI is InChI=1S/C9H7NO2S/c10-7-1-2-8-6(9(7)12)3-5(4-11)13-8/h1-4,12H,10H2. The summed E-state index contributed by atoms with van der Waals surface area (Å²) in [6.07, 6.45) is 0.764. The first kappa shape index (κ1) is 8.07. The number of phenolic OH excluding ortho intramolecular Hbond substituents is 1. The lowest BCUT2D eigenvalue weighted by Crippen LogP contribution is -1.83. The van der Waals surface area contributed by atoms with Gasteiger partial charge in [0.2, 0.25) is 0 Å². The zero-order valence-corrected chi connectivity index (χ0v) is 7.47. The summed E-state index contributed by atoms with van der Waals surface area (Å²) >= 11 is 1.34. The Kier molecular flexibility index (Phi) is 1.70. The molecule has 0 bridgehead atoms. The van der Waals surface area contributed by atoms with Crippen molar-refractivity contribution in [2.75, 3.05) is 5.73 Å². The predicted molar refractivity (Wildman–Crippen MR) is 53.3 cm³/mol. The Morgan fingerprint density at radius 1 is 1.46 bits per heavy atom. The van der Waals surface area contributed by atoms with Crippen LogP contribution >= 0.6 is 11.3 Å². The van der Waals surface area contributed by atoms with E-state index >= 15 is 0 Å². The van der Waals surface area contributed by atoms with Gasteiger partial charge in [-0.2, -0.15) is 0 Å². The molecule has 3 nitrogen and oxygen atoms in total. The molecule has 0 spiro atoms. The highest BCUT2D eigenvalue weighted by Crippen LogP contribution is 2.35. The van der Waals surface area contributed by atoms with Crippen molar-refractivity contribution in [2.45, 2.75) is 0 Å². The zero-order chi connectivity index (χ0) is 9.42. The van der Waals surface area contributed by atoms with Gasteiger partial charge in [0, 0.05) is 10.1 Å². The Labute approximate surface area is 78.4 Å². The van der Waals surface area contributed by atoms with Crippen LogP contribution in [0.3, 0.4) is 0 Å². The van der Waals surface area contributed by atoms with Crippen molar-refractivity contribution in [2.24, 2.45) is 0 Å². The topological polar surface area (TPSA) is 63.3 Å². The van der Waals surface area contributed by atoms with Crippen molar-refractivity contribution in [3.63, 3.8) is 0 Å². The van der Waals surface area contributed by atoms with Crippen LogP contribution in [0, 0.1) is 0 Å². The van der Waals surface area contributed by atoms with E-state index in [4.69, 9.17) is 5.73 Å². The van der Waals surface area contributed by atoms with Crippen LogP contribution in [0.15, 0.2) is 18.2 Å². The number of carbonyl (C=O) groups is 1. The molecule has 1 aromatic heterocycles. The smallest absolute Gasteiger partial charge is 0.160 e. The molecule has 3 N–H and O–H groups in total. The van der Waals surface area contributed by atoms with E-state index in [1.54, 1.807) is 18.2 Å². The van der Waals surface area contributed by atoms with Gasteiger partial charge in [0.25, 0.3) is 0 Å². The van der Waals surface area contributed by atoms with Gasteiger partial charge in [0.15, 0.2) is 6.29 Å². The van der Waals surface area contributed by atoms with E-state index < -0.39 is 0 Å². The summed E-state index contributed by atoms with van der Waals surface area (Å²) in [7, 11) is 0. The van der Waals surface area contributed by atoms with Gasteiger partial charge in [0.1, 0.15) is 5.75 Å². The third kappa shape index (κ3) is 1.15. The highest BCUT2D eigenvalue weighted by molar-refractivity contribution is 7.20. The van der Waals surface area contributed by atoms with Crippen LogP contribution in [0.5, 0.6) is 5.75 Å². The van der Waals surface area contributed by atoms with Crippen LogP contribution in [0.4, 0.5) is 5.69 Å². The lowest BCUT2D eigenvalue weighted by Gasteiger charge is -1.97. The van der Waals surface area contributed by atoms with E-state index in [1.165, 1.54) is 11.3 Å². The van der Waals surface area contributed by atoms with Gasteiger partial charge in [0.05, 0.1) is 10.6 Å². The van der Waals surface area contributed by atoms with E-state index in [9.17, 15) is 9.90 Å². The molecule has 0 saturated carbocycles. The first-order valence-electron chi connectivity index (χ1n) is 3.68. The van der Waals surface area contributed by atoms with Crippen LogP contribution in [0.2, 0.25) is 0 Å². The number of benzene rings is 1. The lowest BCUT2D eigenvalue weighted by atomic mass is 10.2. The summed E-state index contributed by atoms with van der Waals surface area (Å²) in [6.45, 7) is 0. The van der Waals surface area contributed by atoms with Crippen LogP contribution in [0.25, 0.3) is 10.1 Å². The maximum atomic E-state index is 10.5. The van der Waals surface area contributed by atoms with Gasteiger partial charge >= 0.3 is 0 Å². The maximum absolute atomic E-state index is 10.5. The summed E-state index contributed by atoms with van der Waals surface area (Å²) in [5, 5.41) is 10.2. The zero-order valence-electron chi connectivity index (χ0n) is 6.65. The van der Waals surface area contributed by atoms with Crippen molar-refractivity contribution >= 4 is 33.4 Å². The van der Waals surface area contributed by atoms with E-state index in [-0.39, 0.29) is 5.75 Å². The fourth-order valence-corrected chi connectivity index (χ4v) is 2.07. The molecule has 0 amide bonds. The quantitative estimate of drug-likeness (QED) is 0.413. The average Bonchev–Trinajstić information content (AvgIpc) is 2.55. The number of thiophene rings is 1. The molecular weight excluding hydrogens is 186 g/mol. The van der Waals surface area contributed by atoms with Crippen molar-refractivity contribution in [1.82, 2.24) is 0 Å². The summed E-state index contributed by atoms with van der Waals surface area (Å²) in [5.74, 6) is 0.0573. The minimum atomic E-state index is 0.0573. The van der Waals surface area contributed by atoms with Crippen LogP contribution in [0.1, 0.15) is 9.67 Å². The maximum Gasteiger partial charge on any atom is 0.160 e. The monoisotopic (exact) mass is 193 g/mol. The van der Waals surface area contributed by atoms with E-state index in [2.05, 4.69) is 0 Å². The molecule has 0 saturated heterocycles. The van der Waals surface area contributed by atoms with Crippen molar-refractivity contribution in [3.05, 3.63) is 23.1 Å². The number of nitrogen functional groups attached to an aromatic ring is 1. The number of rotatable bonds is 1. The minimum Gasteiger partial charge on any atom is -0.505 e. The number of hydrogen-bond acceptors (Lipinski definition) is 4. The molecule has 4 heteroatoms. The largest absolute Gasteiger partial charge is 0.505 e. The Balaban J connectivity index is 2.83. The van der Waals surface area contributed by atoms with Gasteiger partial charge in [-0.1, -0.05) is 0 Å². The van der Waals surface area contributed by atoms with Crippen molar-refractivity contribution < 1.29 is 9.90 Å². The highest BCUT2D eigenvalue weighted by Gasteiger charge is 2.07. The van der Waals surface area contributed by atoms with E-state index in [0.717, 1.165) is 11.0 Å². The molecule has 0 aliphatic rings.